The van der Waals surface area contributed by atoms with E-state index in [0.717, 1.165) is 12.2 Å². The van der Waals surface area contributed by atoms with Gasteiger partial charge in [0.25, 0.3) is 0 Å². The predicted octanol–water partition coefficient (Wildman–Crippen LogP) is 2.27. The molecule has 14 heavy (non-hydrogen) atoms. The van der Waals surface area contributed by atoms with Gasteiger partial charge in [-0.1, -0.05) is 18.9 Å². The van der Waals surface area contributed by atoms with Crippen molar-refractivity contribution in [3.63, 3.8) is 0 Å². The van der Waals surface area contributed by atoms with Gasteiger partial charge in [-0.3, -0.25) is 0 Å². The van der Waals surface area contributed by atoms with E-state index in [1.54, 1.807) is 7.11 Å². The summed E-state index contributed by atoms with van der Waals surface area (Å²) in [5.74, 6) is 3.85. The molecule has 1 aromatic carbocycles. The number of rotatable bonds is 4. The molecule has 0 aliphatic rings. The van der Waals surface area contributed by atoms with Gasteiger partial charge in [0.05, 0.1) is 7.11 Å². The van der Waals surface area contributed by atoms with Crippen LogP contribution in [0.5, 0.6) is 11.5 Å². The zero-order valence-corrected chi connectivity index (χ0v) is 8.54. The summed E-state index contributed by atoms with van der Waals surface area (Å²) in [6.45, 7) is 2.36. The SMILES string of the molecule is C#CCOc1ccc(CC)cc1OC. The Morgan fingerprint density at radius 2 is 2.14 bits per heavy atom. The number of hydrogen-bond acceptors (Lipinski definition) is 2. The Morgan fingerprint density at radius 3 is 2.71 bits per heavy atom. The summed E-state index contributed by atoms with van der Waals surface area (Å²) in [4.78, 5) is 0. The van der Waals surface area contributed by atoms with Crippen LogP contribution < -0.4 is 9.47 Å². The summed E-state index contributed by atoms with van der Waals surface area (Å²) in [5, 5.41) is 0. The number of hydrogen-bond donors (Lipinski definition) is 0. The van der Waals surface area contributed by atoms with E-state index >= 15 is 0 Å². The molecular weight excluding hydrogens is 176 g/mol. The second-order valence-corrected chi connectivity index (χ2v) is 2.83. The Morgan fingerprint density at radius 1 is 1.36 bits per heavy atom. The summed E-state index contributed by atoms with van der Waals surface area (Å²) in [7, 11) is 1.62. The molecule has 2 nitrogen and oxygen atoms in total. The van der Waals surface area contributed by atoms with Gasteiger partial charge in [-0.05, 0) is 24.1 Å². The van der Waals surface area contributed by atoms with Gasteiger partial charge >= 0.3 is 0 Å². The molecule has 0 radical (unpaired) electrons. The normalized spacial score (nSPS) is 9.21. The minimum Gasteiger partial charge on any atom is -0.493 e. The van der Waals surface area contributed by atoms with Crippen molar-refractivity contribution in [3.8, 4) is 23.8 Å². The molecule has 1 rings (SSSR count). The third kappa shape index (κ3) is 2.43. The second kappa shape index (κ2) is 5.18. The van der Waals surface area contributed by atoms with Crippen molar-refractivity contribution in [2.45, 2.75) is 13.3 Å². The summed E-state index contributed by atoms with van der Waals surface area (Å²) < 4.78 is 10.5. The van der Waals surface area contributed by atoms with Crippen molar-refractivity contribution >= 4 is 0 Å². The van der Waals surface area contributed by atoms with E-state index in [9.17, 15) is 0 Å². The van der Waals surface area contributed by atoms with Crippen LogP contribution in [0.4, 0.5) is 0 Å². The first-order chi connectivity index (χ1) is 6.81. The Kier molecular flexibility index (Phi) is 3.87. The van der Waals surface area contributed by atoms with Gasteiger partial charge in [0.15, 0.2) is 11.5 Å². The summed E-state index contributed by atoms with van der Waals surface area (Å²) in [5.41, 5.74) is 1.22. The van der Waals surface area contributed by atoms with Crippen molar-refractivity contribution in [2.75, 3.05) is 13.7 Å². The van der Waals surface area contributed by atoms with Crippen LogP contribution in [0.25, 0.3) is 0 Å². The third-order valence-corrected chi connectivity index (χ3v) is 1.95. The van der Waals surface area contributed by atoms with E-state index in [0.29, 0.717) is 5.75 Å². The summed E-state index contributed by atoms with van der Waals surface area (Å²) >= 11 is 0. The average Bonchev–Trinajstić information content (AvgIpc) is 2.26. The minimum absolute atomic E-state index is 0.266. The monoisotopic (exact) mass is 190 g/mol. The first-order valence-electron chi connectivity index (χ1n) is 4.55. The van der Waals surface area contributed by atoms with Crippen LogP contribution in [0, 0.1) is 12.3 Å². The molecule has 0 aliphatic heterocycles. The smallest absolute Gasteiger partial charge is 0.162 e. The number of methoxy groups -OCH3 is 1. The topological polar surface area (TPSA) is 18.5 Å². The van der Waals surface area contributed by atoms with Gasteiger partial charge < -0.3 is 9.47 Å². The Balaban J connectivity index is 2.88. The number of ether oxygens (including phenoxy) is 2. The summed E-state index contributed by atoms with van der Waals surface area (Å²) in [6, 6.07) is 5.86. The molecule has 0 spiro atoms. The summed E-state index contributed by atoms with van der Waals surface area (Å²) in [6.07, 6.45) is 6.09. The molecule has 0 atom stereocenters. The van der Waals surface area contributed by atoms with Crippen molar-refractivity contribution in [3.05, 3.63) is 23.8 Å². The molecule has 0 aromatic heterocycles. The Hall–Kier alpha value is -1.62. The minimum atomic E-state index is 0.266. The van der Waals surface area contributed by atoms with Crippen LogP contribution >= 0.6 is 0 Å². The molecule has 0 unspecified atom stereocenters. The molecule has 0 amide bonds. The molecule has 1 aromatic rings. The van der Waals surface area contributed by atoms with Crippen molar-refractivity contribution in [1.82, 2.24) is 0 Å². The van der Waals surface area contributed by atoms with E-state index in [1.807, 2.05) is 18.2 Å². The maximum atomic E-state index is 5.32. The molecule has 74 valence electrons. The number of benzene rings is 1. The van der Waals surface area contributed by atoms with Crippen LogP contribution in [0.3, 0.4) is 0 Å². The van der Waals surface area contributed by atoms with Gasteiger partial charge in [0.2, 0.25) is 0 Å². The van der Waals surface area contributed by atoms with Gasteiger partial charge in [0.1, 0.15) is 6.61 Å². The van der Waals surface area contributed by atoms with E-state index in [2.05, 4.69) is 12.8 Å². The quantitative estimate of drug-likeness (QED) is 0.678. The lowest BCUT2D eigenvalue weighted by atomic mass is 10.1. The molecular formula is C12H14O2. The molecule has 0 saturated heterocycles. The fraction of sp³-hybridized carbons (Fsp3) is 0.333. The van der Waals surface area contributed by atoms with E-state index in [4.69, 9.17) is 15.9 Å². The molecule has 0 bridgehead atoms. The number of aryl methyl sites for hydroxylation is 1. The third-order valence-electron chi connectivity index (χ3n) is 1.95. The van der Waals surface area contributed by atoms with Crippen LogP contribution in [0.2, 0.25) is 0 Å². The maximum absolute atomic E-state index is 5.32. The van der Waals surface area contributed by atoms with E-state index in [1.165, 1.54) is 5.56 Å². The molecule has 0 fully saturated rings. The first-order valence-corrected chi connectivity index (χ1v) is 4.55. The zero-order chi connectivity index (χ0) is 10.4. The lowest BCUT2D eigenvalue weighted by Crippen LogP contribution is -1.97. The molecule has 2 heteroatoms. The highest BCUT2D eigenvalue weighted by atomic mass is 16.5. The molecule has 0 N–H and O–H groups in total. The molecule has 0 aliphatic carbocycles. The van der Waals surface area contributed by atoms with Crippen LogP contribution in [-0.4, -0.2) is 13.7 Å². The van der Waals surface area contributed by atoms with Crippen LogP contribution in [0.15, 0.2) is 18.2 Å². The lowest BCUT2D eigenvalue weighted by molar-refractivity contribution is 0.330. The van der Waals surface area contributed by atoms with Crippen molar-refractivity contribution in [1.29, 1.82) is 0 Å². The molecule has 0 saturated carbocycles. The average molecular weight is 190 g/mol. The van der Waals surface area contributed by atoms with Gasteiger partial charge in [0, 0.05) is 0 Å². The molecule has 0 heterocycles. The Bertz CT molecular complexity index is 337. The Labute approximate surface area is 84.8 Å². The van der Waals surface area contributed by atoms with Gasteiger partial charge in [-0.15, -0.1) is 6.42 Å². The number of terminal acetylenes is 1. The highest BCUT2D eigenvalue weighted by molar-refractivity contribution is 5.43. The van der Waals surface area contributed by atoms with E-state index in [-0.39, 0.29) is 6.61 Å². The maximum Gasteiger partial charge on any atom is 0.162 e. The highest BCUT2D eigenvalue weighted by Crippen LogP contribution is 2.27. The van der Waals surface area contributed by atoms with Crippen molar-refractivity contribution in [2.24, 2.45) is 0 Å². The highest BCUT2D eigenvalue weighted by Gasteiger charge is 2.03. The predicted molar refractivity (Wildman–Crippen MR) is 56.7 cm³/mol. The second-order valence-electron chi connectivity index (χ2n) is 2.83. The van der Waals surface area contributed by atoms with Gasteiger partial charge in [-0.25, -0.2) is 0 Å². The largest absolute Gasteiger partial charge is 0.493 e. The standard InChI is InChI=1S/C12H14O2/c1-4-8-14-11-7-6-10(5-2)9-12(11)13-3/h1,6-7,9H,5,8H2,2-3H3. The van der Waals surface area contributed by atoms with Crippen molar-refractivity contribution < 1.29 is 9.47 Å². The lowest BCUT2D eigenvalue weighted by Gasteiger charge is -2.09. The van der Waals surface area contributed by atoms with Crippen LogP contribution in [0.1, 0.15) is 12.5 Å². The van der Waals surface area contributed by atoms with Gasteiger partial charge in [-0.2, -0.15) is 0 Å². The zero-order valence-electron chi connectivity index (χ0n) is 8.54. The fourth-order valence-corrected chi connectivity index (χ4v) is 1.17. The first kappa shape index (κ1) is 10.5. The van der Waals surface area contributed by atoms with E-state index < -0.39 is 0 Å². The van der Waals surface area contributed by atoms with Crippen LogP contribution in [-0.2, 0) is 6.42 Å². The fourth-order valence-electron chi connectivity index (χ4n) is 1.17.